The lowest BCUT2D eigenvalue weighted by molar-refractivity contribution is 0.0693. The molecule has 0 saturated carbocycles. The third kappa shape index (κ3) is 4.46. The molecular formula is C18H22N4O3S. The van der Waals surface area contributed by atoms with Crippen LogP contribution in [0.2, 0.25) is 0 Å². The molecule has 1 N–H and O–H groups in total. The van der Waals surface area contributed by atoms with Crippen molar-refractivity contribution in [2.45, 2.75) is 13.5 Å². The zero-order valence-electron chi connectivity index (χ0n) is 14.9. The monoisotopic (exact) mass is 374 g/mol. The molecule has 0 saturated heterocycles. The molecule has 8 heteroatoms. The zero-order chi connectivity index (χ0) is 18.4. The van der Waals surface area contributed by atoms with Crippen LogP contribution in [0.5, 0.6) is 0 Å². The van der Waals surface area contributed by atoms with Crippen LogP contribution in [0.1, 0.15) is 20.9 Å². The first-order valence-corrected chi connectivity index (χ1v) is 9.27. The van der Waals surface area contributed by atoms with E-state index in [1.54, 1.807) is 30.7 Å². The van der Waals surface area contributed by atoms with Crippen LogP contribution in [0, 0.1) is 6.92 Å². The number of aromatic nitrogens is 3. The molecule has 0 aliphatic carbocycles. The van der Waals surface area contributed by atoms with Crippen molar-refractivity contribution >= 4 is 28.3 Å². The molecule has 0 fully saturated rings. The van der Waals surface area contributed by atoms with E-state index in [2.05, 4.69) is 21.5 Å². The lowest BCUT2D eigenvalue weighted by atomic mass is 10.1. The Kier molecular flexibility index (Phi) is 6.32. The number of rotatable bonds is 9. The molecule has 7 nitrogen and oxygen atoms in total. The summed E-state index contributed by atoms with van der Waals surface area (Å²) in [4.78, 5) is 18.3. The molecule has 0 bridgehead atoms. The molecule has 26 heavy (non-hydrogen) atoms. The van der Waals surface area contributed by atoms with E-state index in [-0.39, 0.29) is 5.91 Å². The van der Waals surface area contributed by atoms with Gasteiger partial charge in [-0.05, 0) is 24.4 Å². The molecule has 3 rings (SSSR count). The molecule has 3 aromatic heterocycles. The van der Waals surface area contributed by atoms with Crippen molar-refractivity contribution < 1.29 is 14.3 Å². The quantitative estimate of drug-likeness (QED) is 0.581. The summed E-state index contributed by atoms with van der Waals surface area (Å²) in [5, 5.41) is 10.1. The number of fused-ring (bicyclic) bond motifs is 1. The van der Waals surface area contributed by atoms with E-state index in [0.717, 1.165) is 16.7 Å². The van der Waals surface area contributed by atoms with E-state index >= 15 is 0 Å². The molecule has 0 spiro atoms. The van der Waals surface area contributed by atoms with Crippen molar-refractivity contribution in [3.8, 4) is 0 Å². The van der Waals surface area contributed by atoms with Gasteiger partial charge in [0.15, 0.2) is 5.65 Å². The van der Waals surface area contributed by atoms with Crippen LogP contribution in [-0.2, 0) is 16.0 Å². The Hall–Kier alpha value is -2.29. The van der Waals surface area contributed by atoms with Crippen molar-refractivity contribution in [2.24, 2.45) is 0 Å². The van der Waals surface area contributed by atoms with Crippen molar-refractivity contribution in [1.29, 1.82) is 0 Å². The van der Waals surface area contributed by atoms with Crippen LogP contribution < -0.4 is 5.32 Å². The van der Waals surface area contributed by atoms with Gasteiger partial charge < -0.3 is 14.8 Å². The first-order chi connectivity index (χ1) is 12.7. The molecule has 0 atom stereocenters. The third-order valence-electron chi connectivity index (χ3n) is 3.83. The minimum atomic E-state index is -0.147. The highest BCUT2D eigenvalue weighted by molar-refractivity contribution is 7.09. The number of carbonyl (C=O) groups excluding carboxylic acids is 1. The van der Waals surface area contributed by atoms with Gasteiger partial charge in [0.05, 0.1) is 43.5 Å². The summed E-state index contributed by atoms with van der Waals surface area (Å²) in [6.45, 7) is 4.47. The van der Waals surface area contributed by atoms with Crippen LogP contribution >= 0.6 is 11.3 Å². The van der Waals surface area contributed by atoms with Gasteiger partial charge in [0.2, 0.25) is 0 Å². The van der Waals surface area contributed by atoms with Crippen LogP contribution in [0.15, 0.2) is 29.8 Å². The van der Waals surface area contributed by atoms with Gasteiger partial charge in [-0.1, -0.05) is 6.07 Å². The Morgan fingerprint density at radius 3 is 3.00 bits per heavy atom. The second-order valence-electron chi connectivity index (χ2n) is 5.79. The molecule has 138 valence electrons. The summed E-state index contributed by atoms with van der Waals surface area (Å²) >= 11 is 1.67. The van der Waals surface area contributed by atoms with Gasteiger partial charge >= 0.3 is 0 Å². The summed E-state index contributed by atoms with van der Waals surface area (Å²) in [7, 11) is 1.63. The average molecular weight is 374 g/mol. The number of methoxy groups -OCH3 is 1. The Balaban J connectivity index is 1.72. The topological polar surface area (TPSA) is 78.3 Å². The molecule has 3 heterocycles. The van der Waals surface area contributed by atoms with E-state index in [0.29, 0.717) is 38.5 Å². The van der Waals surface area contributed by atoms with Crippen LogP contribution in [0.4, 0.5) is 0 Å². The number of ether oxygens (including phenoxy) is 2. The first-order valence-electron chi connectivity index (χ1n) is 8.39. The second-order valence-corrected chi connectivity index (χ2v) is 6.82. The van der Waals surface area contributed by atoms with Crippen molar-refractivity contribution in [1.82, 2.24) is 20.1 Å². The van der Waals surface area contributed by atoms with Gasteiger partial charge in [-0.3, -0.25) is 4.79 Å². The van der Waals surface area contributed by atoms with E-state index in [4.69, 9.17) is 9.47 Å². The lowest BCUT2D eigenvalue weighted by Gasteiger charge is -2.08. The number of amides is 1. The SMILES string of the molecule is COCCOCCNC(=O)c1cc(C)nc2c1cnn2Cc1cccs1. The summed E-state index contributed by atoms with van der Waals surface area (Å²) in [5.74, 6) is -0.147. The van der Waals surface area contributed by atoms with Gasteiger partial charge in [-0.25, -0.2) is 9.67 Å². The number of thiophene rings is 1. The van der Waals surface area contributed by atoms with Gasteiger partial charge in [0.1, 0.15) is 0 Å². The Morgan fingerprint density at radius 1 is 1.35 bits per heavy atom. The highest BCUT2D eigenvalue weighted by Crippen LogP contribution is 2.20. The predicted molar refractivity (Wildman–Crippen MR) is 101 cm³/mol. The van der Waals surface area contributed by atoms with Gasteiger partial charge in [-0.15, -0.1) is 11.3 Å². The lowest BCUT2D eigenvalue weighted by Crippen LogP contribution is -2.28. The Morgan fingerprint density at radius 2 is 2.23 bits per heavy atom. The largest absolute Gasteiger partial charge is 0.382 e. The van der Waals surface area contributed by atoms with E-state index in [9.17, 15) is 4.79 Å². The number of carbonyl (C=O) groups is 1. The Labute approximate surface area is 155 Å². The van der Waals surface area contributed by atoms with E-state index in [1.165, 1.54) is 4.88 Å². The van der Waals surface area contributed by atoms with Gasteiger partial charge in [-0.2, -0.15) is 5.10 Å². The predicted octanol–water partition coefficient (Wildman–Crippen LogP) is 2.24. The molecule has 0 aliphatic heterocycles. The van der Waals surface area contributed by atoms with Crippen LogP contribution in [0.3, 0.4) is 0 Å². The number of aryl methyl sites for hydroxylation is 1. The van der Waals surface area contributed by atoms with Crippen molar-refractivity contribution in [3.05, 3.63) is 45.9 Å². The van der Waals surface area contributed by atoms with E-state index < -0.39 is 0 Å². The standard InChI is InChI=1S/C18H22N4O3S/c1-13-10-15(18(23)19-5-6-25-8-7-24-2)16-11-20-22(17(16)21-13)12-14-4-3-9-26-14/h3-4,9-11H,5-8,12H2,1-2H3,(H,19,23). The fourth-order valence-electron chi connectivity index (χ4n) is 2.60. The molecule has 0 radical (unpaired) electrons. The van der Waals surface area contributed by atoms with Gasteiger partial charge in [0.25, 0.3) is 5.91 Å². The van der Waals surface area contributed by atoms with Gasteiger partial charge in [0, 0.05) is 24.2 Å². The number of hydrogen-bond acceptors (Lipinski definition) is 6. The molecule has 3 aromatic rings. The molecule has 0 aromatic carbocycles. The fourth-order valence-corrected chi connectivity index (χ4v) is 3.29. The maximum atomic E-state index is 12.6. The highest BCUT2D eigenvalue weighted by atomic mass is 32.1. The fraction of sp³-hybridized carbons (Fsp3) is 0.389. The normalized spacial score (nSPS) is 11.2. The molecular weight excluding hydrogens is 352 g/mol. The summed E-state index contributed by atoms with van der Waals surface area (Å²) in [6.07, 6.45) is 1.71. The maximum Gasteiger partial charge on any atom is 0.252 e. The smallest absolute Gasteiger partial charge is 0.252 e. The summed E-state index contributed by atoms with van der Waals surface area (Å²) < 4.78 is 12.1. The second kappa shape index (κ2) is 8.88. The molecule has 1 amide bonds. The number of nitrogens with zero attached hydrogens (tertiary/aromatic N) is 3. The minimum absolute atomic E-state index is 0.147. The summed E-state index contributed by atoms with van der Waals surface area (Å²) in [5.41, 5.74) is 2.09. The minimum Gasteiger partial charge on any atom is -0.382 e. The molecule has 0 unspecified atom stereocenters. The first kappa shape index (κ1) is 18.5. The zero-order valence-corrected chi connectivity index (χ0v) is 15.7. The summed E-state index contributed by atoms with van der Waals surface area (Å²) in [6, 6.07) is 5.86. The highest BCUT2D eigenvalue weighted by Gasteiger charge is 2.15. The van der Waals surface area contributed by atoms with Crippen LogP contribution in [0.25, 0.3) is 11.0 Å². The third-order valence-corrected chi connectivity index (χ3v) is 4.69. The van der Waals surface area contributed by atoms with Crippen molar-refractivity contribution in [2.75, 3.05) is 33.5 Å². The average Bonchev–Trinajstić information content (AvgIpc) is 3.28. The Bertz CT molecular complexity index is 861. The number of hydrogen-bond donors (Lipinski definition) is 1. The maximum absolute atomic E-state index is 12.6. The molecule has 0 aliphatic rings. The van der Waals surface area contributed by atoms with Crippen LogP contribution in [-0.4, -0.2) is 54.1 Å². The van der Waals surface area contributed by atoms with E-state index in [1.807, 2.05) is 23.1 Å². The van der Waals surface area contributed by atoms with Crippen molar-refractivity contribution in [3.63, 3.8) is 0 Å². The number of pyridine rings is 1. The number of nitrogens with one attached hydrogen (secondary N) is 1.